The van der Waals surface area contributed by atoms with E-state index in [9.17, 15) is 47.1 Å². The third kappa shape index (κ3) is 13.3. The van der Waals surface area contributed by atoms with Crippen LogP contribution >= 0.6 is 11.6 Å². The molecule has 20 heteroatoms. The molecule has 0 saturated carbocycles. The van der Waals surface area contributed by atoms with Gasteiger partial charge >= 0.3 is 12.2 Å². The number of fused-ring (bicyclic) bond motifs is 4. The van der Waals surface area contributed by atoms with E-state index in [0.717, 1.165) is 51.3 Å². The molecule has 430 valence electrons. The Hall–Kier alpha value is -7.25. The molecule has 4 heterocycles. The summed E-state index contributed by atoms with van der Waals surface area (Å²) in [4.78, 5) is 107. The normalized spacial score (nSPS) is 23.2. The van der Waals surface area contributed by atoms with E-state index >= 15 is 0 Å². The van der Waals surface area contributed by atoms with E-state index in [0.29, 0.717) is 55.1 Å². The number of likely N-dealkylation sites (tertiary alicyclic amines) is 2. The third-order valence-corrected chi connectivity index (χ3v) is 15.4. The van der Waals surface area contributed by atoms with E-state index in [-0.39, 0.29) is 71.7 Å². The first-order valence-corrected chi connectivity index (χ1v) is 27.6. The fraction of sp³-hybridized carbons (Fsp3) is 0.467. The van der Waals surface area contributed by atoms with Crippen LogP contribution in [0.3, 0.4) is 0 Å². The number of nitrogens with zero attached hydrogens (tertiary/aromatic N) is 5. The van der Waals surface area contributed by atoms with E-state index < -0.39 is 41.7 Å². The van der Waals surface area contributed by atoms with Crippen LogP contribution in [0.4, 0.5) is 29.7 Å². The molecule has 0 bridgehead atoms. The van der Waals surface area contributed by atoms with E-state index in [4.69, 9.17) is 16.6 Å². The molecule has 4 fully saturated rings. The fourth-order valence-electron chi connectivity index (χ4n) is 11.5. The lowest BCUT2D eigenvalue weighted by molar-refractivity contribution is -0.143. The summed E-state index contributed by atoms with van der Waals surface area (Å²) < 4.78 is 44.2. The number of hydrogen-bond acceptors (Lipinski definition) is 12. The lowest BCUT2D eigenvalue weighted by Gasteiger charge is -2.30. The Kier molecular flexibility index (Phi) is 20.2. The van der Waals surface area contributed by atoms with Crippen LogP contribution in [0.15, 0.2) is 84.9 Å². The van der Waals surface area contributed by atoms with Gasteiger partial charge in [0.1, 0.15) is 24.7 Å². The molecule has 0 unspecified atom stereocenters. The molecule has 3 N–H and O–H groups in total. The van der Waals surface area contributed by atoms with Gasteiger partial charge in [0.2, 0.25) is 34.2 Å². The van der Waals surface area contributed by atoms with Crippen LogP contribution in [0.5, 0.6) is 0 Å². The largest absolute Gasteiger partial charge is 0.427 e. The van der Waals surface area contributed by atoms with E-state index in [2.05, 4.69) is 42.6 Å². The second-order valence-corrected chi connectivity index (χ2v) is 20.9. The van der Waals surface area contributed by atoms with Crippen molar-refractivity contribution in [1.29, 1.82) is 0 Å². The van der Waals surface area contributed by atoms with E-state index in [1.54, 1.807) is 77.4 Å². The van der Waals surface area contributed by atoms with Gasteiger partial charge in [-0.15, -0.1) is 0 Å². The number of benzene rings is 4. The number of carbonyl (C=O) groups is 8. The number of rotatable bonds is 10. The first-order chi connectivity index (χ1) is 38.5. The number of carbonyl (C=O) groups excluding carboxylic acids is 8. The van der Waals surface area contributed by atoms with Gasteiger partial charge in [0, 0.05) is 62.6 Å². The van der Waals surface area contributed by atoms with Crippen molar-refractivity contribution in [3.63, 3.8) is 0 Å². The van der Waals surface area contributed by atoms with Gasteiger partial charge in [-0.1, -0.05) is 71.0 Å². The van der Waals surface area contributed by atoms with Crippen LogP contribution in [-0.4, -0.2) is 116 Å². The summed E-state index contributed by atoms with van der Waals surface area (Å²) in [5.41, 5.74) is 8.77. The first-order valence-electron chi connectivity index (χ1n) is 27.9. The molecular weight excluding hydrogens is 1050 g/mol. The molecule has 6 atom stereocenters. The standard InChI is InChI=1S/C26H26FN3O5.C24H24FN3O4.C6H15N.C2H3ClO.C2H6/c1-15-3-10-22(17-4-6-19(27)7-5-17)30(15)23(32)14-29-24(33)26(35-25(29)34)12-11-18-13-20(28-16(2)31)8-9-21(18)26;1-14-2-9-20(15-3-5-17(25)6-4-15)28(14)21(29)13-27-22(30)24(32-23(27)31)11-10-16-12-18(26)7-8-19(16)24;1-4-7(5-2)6-3;1-2(3)4;1-2/h4-9,13,15,22H,3,10-12,14H2,1-2H3,(H,28,31);3-8,12,14,20H,2,9-11,13,26H2,1H3;4-6H2,1-3H3;1H3;1-2H3/t15-,22-,26+;14-,20-,24+;;;/m00.../s1/i;;;;1D. The average Bonchev–Trinajstić information content (AvgIpc) is 3.20. The molecule has 4 aromatic carbocycles. The smallest absolute Gasteiger partial charge is 0.418 e. The van der Waals surface area contributed by atoms with Gasteiger partial charge < -0.3 is 35.2 Å². The Balaban J connectivity index is 0.000000212. The van der Waals surface area contributed by atoms with Crippen LogP contribution in [-0.2, 0) is 62.3 Å². The van der Waals surface area contributed by atoms with Crippen LogP contribution in [0.25, 0.3) is 0 Å². The number of hydrogen-bond donors (Lipinski definition) is 2. The van der Waals surface area contributed by atoms with Gasteiger partial charge in [-0.3, -0.25) is 28.8 Å². The monoisotopic (exact) mass is 1130 g/mol. The van der Waals surface area contributed by atoms with Crippen molar-refractivity contribution >= 4 is 69.9 Å². The Morgan fingerprint density at radius 2 is 1.06 bits per heavy atom. The molecule has 0 aromatic heterocycles. The highest BCUT2D eigenvalue weighted by Crippen LogP contribution is 2.48. The number of anilines is 2. The van der Waals surface area contributed by atoms with Crippen LogP contribution in [0.1, 0.15) is 148 Å². The lowest BCUT2D eigenvalue weighted by Crippen LogP contribution is -2.46. The Bertz CT molecular complexity index is 2960. The van der Waals surface area contributed by atoms with Crippen molar-refractivity contribution in [2.24, 2.45) is 0 Å². The Morgan fingerprint density at radius 1 is 0.675 bits per heavy atom. The van der Waals surface area contributed by atoms with Gasteiger partial charge in [0.05, 0.1) is 12.1 Å². The molecule has 10 rings (SSSR count). The van der Waals surface area contributed by atoms with Crippen LogP contribution < -0.4 is 11.1 Å². The summed E-state index contributed by atoms with van der Waals surface area (Å²) in [6.07, 6.45) is 3.02. The molecule has 2 spiro atoms. The van der Waals surface area contributed by atoms with Crippen molar-refractivity contribution in [2.45, 2.75) is 149 Å². The molecule has 17 nitrogen and oxygen atoms in total. The highest BCUT2D eigenvalue weighted by Gasteiger charge is 2.60. The van der Waals surface area contributed by atoms with Crippen molar-refractivity contribution < 1.29 is 58.0 Å². The first kappa shape index (κ1) is 60.4. The number of aryl methyl sites for hydroxylation is 2. The minimum atomic E-state index is -1.45. The fourth-order valence-corrected chi connectivity index (χ4v) is 11.5. The highest BCUT2D eigenvalue weighted by molar-refractivity contribution is 6.62. The molecule has 4 saturated heterocycles. The van der Waals surface area contributed by atoms with Gasteiger partial charge in [-0.05, 0) is 154 Å². The number of nitrogens with two attached hydrogens (primary N) is 1. The third-order valence-electron chi connectivity index (χ3n) is 15.4. The minimum Gasteiger partial charge on any atom is -0.427 e. The van der Waals surface area contributed by atoms with Crippen LogP contribution in [0.2, 0.25) is 0 Å². The summed E-state index contributed by atoms with van der Waals surface area (Å²) in [6, 6.07) is 21.8. The quantitative estimate of drug-likeness (QED) is 0.112. The van der Waals surface area contributed by atoms with Crippen LogP contribution in [0, 0.1) is 11.6 Å². The van der Waals surface area contributed by atoms with E-state index in [1.165, 1.54) is 57.7 Å². The maximum Gasteiger partial charge on any atom is 0.418 e. The maximum absolute atomic E-state index is 13.5. The summed E-state index contributed by atoms with van der Waals surface area (Å²) in [5, 5.41) is 2.35. The Labute approximate surface area is 473 Å². The molecule has 4 aliphatic heterocycles. The molecule has 7 amide bonds. The zero-order valence-corrected chi connectivity index (χ0v) is 47.6. The maximum atomic E-state index is 13.5. The number of nitrogen functional groups attached to an aromatic ring is 1. The van der Waals surface area contributed by atoms with Crippen molar-refractivity contribution in [1.82, 2.24) is 24.5 Å². The zero-order valence-electron chi connectivity index (χ0n) is 47.8. The SMILES string of the molecule is CC(=O)Cl.CC(=O)Nc1ccc2c(c1)CC[C@@]21OC(=O)N(CC(=O)N2[C@@H](C)CC[C@H]2c2ccc(F)cc2)C1=O.CCN(CC)CC.C[C@H]1CC[C@@H](c2ccc(F)cc2)N1C(=O)CN1C(=O)O[C@@]2(CCc3cc(N)ccc32)C1=O.[2H]CC. The summed E-state index contributed by atoms with van der Waals surface area (Å²) in [6.45, 7) is 18.2. The number of nitrogens with one attached hydrogen (secondary N) is 1. The lowest BCUT2D eigenvalue weighted by atomic mass is 9.94. The number of amides is 7. The van der Waals surface area contributed by atoms with Gasteiger partial charge in [-0.25, -0.2) is 28.2 Å². The second kappa shape index (κ2) is 26.8. The minimum absolute atomic E-state index is 0.0598. The molecule has 80 heavy (non-hydrogen) atoms. The number of halogens is 3. The molecule has 6 aliphatic rings. The highest BCUT2D eigenvalue weighted by atomic mass is 35.5. The summed E-state index contributed by atoms with van der Waals surface area (Å²) >= 11 is 4.64. The van der Waals surface area contributed by atoms with Gasteiger partial charge in [-0.2, -0.15) is 0 Å². The Morgan fingerprint density at radius 3 is 1.44 bits per heavy atom. The zero-order chi connectivity index (χ0) is 59.5. The van der Waals surface area contributed by atoms with Gasteiger partial charge in [0.15, 0.2) is 0 Å². The number of imide groups is 2. The molecule has 0 radical (unpaired) electrons. The van der Waals surface area contributed by atoms with Crippen molar-refractivity contribution in [3.05, 3.63) is 130 Å². The summed E-state index contributed by atoms with van der Waals surface area (Å²) in [7, 11) is 0. The number of ether oxygens (including phenoxy) is 2. The van der Waals surface area contributed by atoms with E-state index in [1.807, 2.05) is 13.8 Å². The van der Waals surface area contributed by atoms with Crippen molar-refractivity contribution in [3.8, 4) is 0 Å². The van der Waals surface area contributed by atoms with Crippen molar-refractivity contribution in [2.75, 3.05) is 43.8 Å². The molecular formula is C60H74ClF2N7O10. The molecule has 4 aromatic rings. The topological polar surface area (TPSA) is 209 Å². The predicted molar refractivity (Wildman–Crippen MR) is 299 cm³/mol. The summed E-state index contributed by atoms with van der Waals surface area (Å²) in [5.74, 6) is -2.65. The van der Waals surface area contributed by atoms with Gasteiger partial charge in [0.25, 0.3) is 11.8 Å². The second-order valence-electron chi connectivity index (χ2n) is 20.3. The molecule has 2 aliphatic carbocycles. The predicted octanol–water partition coefficient (Wildman–Crippen LogP) is 10.1. The average molecular weight is 1130 g/mol.